The lowest BCUT2D eigenvalue weighted by molar-refractivity contribution is -0.139. The van der Waals surface area contributed by atoms with Crippen LogP contribution in [-0.2, 0) is 4.79 Å². The number of carboxylic acid groups (broad SMARTS) is 1. The molecule has 0 aliphatic heterocycles. The number of benzene rings is 1. The van der Waals surface area contributed by atoms with Crippen LogP contribution < -0.4 is 9.47 Å². The van der Waals surface area contributed by atoms with Gasteiger partial charge in [-0.3, -0.25) is 0 Å². The third kappa shape index (κ3) is 2.93. The molecule has 0 saturated carbocycles. The first-order chi connectivity index (χ1) is 6.61. The predicted octanol–water partition coefficient (Wildman–Crippen LogP) is 1.30. The van der Waals surface area contributed by atoms with E-state index >= 15 is 0 Å². The minimum atomic E-state index is -1.12. The molecule has 0 unspecified atom stereocenters. The maximum Gasteiger partial charge on any atom is 0.341 e. The summed E-state index contributed by atoms with van der Waals surface area (Å²) >= 11 is 0. The molecule has 5 heteroatoms. The Morgan fingerprint density at radius 2 is 2.07 bits per heavy atom. The summed E-state index contributed by atoms with van der Waals surface area (Å²) in [5.41, 5.74) is 0. The number of halogens is 1. The molecule has 1 N–H and O–H groups in total. The van der Waals surface area contributed by atoms with Gasteiger partial charge in [0.1, 0.15) is 17.3 Å². The van der Waals surface area contributed by atoms with E-state index in [0.717, 1.165) is 6.07 Å². The van der Waals surface area contributed by atoms with Gasteiger partial charge in [-0.15, -0.1) is 0 Å². The summed E-state index contributed by atoms with van der Waals surface area (Å²) in [6, 6.07) is 3.67. The zero-order chi connectivity index (χ0) is 10.6. The Labute approximate surface area is 79.9 Å². The topological polar surface area (TPSA) is 55.8 Å². The SMILES string of the molecule is COc1cc(F)cc(OCC(=O)O)c1. The first kappa shape index (κ1) is 10.3. The first-order valence-corrected chi connectivity index (χ1v) is 3.81. The summed E-state index contributed by atoms with van der Waals surface area (Å²) in [6.45, 7) is -0.507. The molecule has 0 aliphatic carbocycles. The molecule has 1 aromatic carbocycles. The van der Waals surface area contributed by atoms with Crippen LogP contribution in [0.4, 0.5) is 4.39 Å². The molecule has 0 spiro atoms. The number of methoxy groups -OCH3 is 1. The van der Waals surface area contributed by atoms with Gasteiger partial charge in [0.15, 0.2) is 6.61 Å². The monoisotopic (exact) mass is 200 g/mol. The maximum atomic E-state index is 12.8. The maximum absolute atomic E-state index is 12.8. The molecule has 4 nitrogen and oxygen atoms in total. The normalized spacial score (nSPS) is 9.57. The van der Waals surface area contributed by atoms with Crippen LogP contribution >= 0.6 is 0 Å². The van der Waals surface area contributed by atoms with E-state index in [4.69, 9.17) is 14.6 Å². The molecule has 0 saturated heterocycles. The van der Waals surface area contributed by atoms with Crippen LogP contribution in [0.3, 0.4) is 0 Å². The lowest BCUT2D eigenvalue weighted by Crippen LogP contribution is -2.09. The lowest BCUT2D eigenvalue weighted by Gasteiger charge is -2.05. The number of ether oxygens (including phenoxy) is 2. The molecular formula is C9H9FO4. The van der Waals surface area contributed by atoms with Crippen LogP contribution in [0.1, 0.15) is 0 Å². The average molecular weight is 200 g/mol. The molecule has 0 amide bonds. The highest BCUT2D eigenvalue weighted by Gasteiger charge is 2.03. The standard InChI is InChI=1S/C9H9FO4/c1-13-7-2-6(10)3-8(4-7)14-5-9(11)12/h2-4H,5H2,1H3,(H,11,12). The summed E-state index contributed by atoms with van der Waals surface area (Å²) in [5, 5.41) is 8.32. The van der Waals surface area contributed by atoms with Crippen molar-refractivity contribution in [2.24, 2.45) is 0 Å². The molecule has 0 aliphatic rings. The van der Waals surface area contributed by atoms with Gasteiger partial charge < -0.3 is 14.6 Å². The quantitative estimate of drug-likeness (QED) is 0.795. The summed E-state index contributed by atoms with van der Waals surface area (Å²) in [7, 11) is 1.38. The van der Waals surface area contributed by atoms with Gasteiger partial charge in [0.2, 0.25) is 0 Å². The minimum absolute atomic E-state index is 0.129. The van der Waals surface area contributed by atoms with Gasteiger partial charge in [-0.05, 0) is 0 Å². The average Bonchev–Trinajstić information content (AvgIpc) is 2.14. The number of aliphatic carboxylic acids is 1. The Morgan fingerprint density at radius 1 is 1.43 bits per heavy atom. The molecular weight excluding hydrogens is 191 g/mol. The number of rotatable bonds is 4. The van der Waals surface area contributed by atoms with Gasteiger partial charge in [-0.1, -0.05) is 0 Å². The van der Waals surface area contributed by atoms with E-state index in [2.05, 4.69) is 0 Å². The fraction of sp³-hybridized carbons (Fsp3) is 0.222. The second-order valence-corrected chi connectivity index (χ2v) is 2.51. The van der Waals surface area contributed by atoms with Gasteiger partial charge in [0.25, 0.3) is 0 Å². The van der Waals surface area contributed by atoms with Gasteiger partial charge >= 0.3 is 5.97 Å². The molecule has 1 rings (SSSR count). The highest BCUT2D eigenvalue weighted by atomic mass is 19.1. The van der Waals surface area contributed by atoms with E-state index in [1.165, 1.54) is 19.2 Å². The van der Waals surface area contributed by atoms with Crippen molar-refractivity contribution in [1.82, 2.24) is 0 Å². The molecule has 0 radical (unpaired) electrons. The zero-order valence-electron chi connectivity index (χ0n) is 7.49. The third-order valence-electron chi connectivity index (χ3n) is 1.44. The number of hydrogen-bond donors (Lipinski definition) is 1. The molecule has 0 atom stereocenters. The van der Waals surface area contributed by atoms with E-state index in [-0.39, 0.29) is 11.5 Å². The van der Waals surface area contributed by atoms with Crippen LogP contribution in [0.25, 0.3) is 0 Å². The molecule has 1 aromatic rings. The molecule has 0 bridgehead atoms. The predicted molar refractivity (Wildman–Crippen MR) is 46.1 cm³/mol. The minimum Gasteiger partial charge on any atom is -0.497 e. The molecule has 0 aromatic heterocycles. The number of hydrogen-bond acceptors (Lipinski definition) is 3. The van der Waals surface area contributed by atoms with Crippen LogP contribution in [0, 0.1) is 5.82 Å². The van der Waals surface area contributed by atoms with E-state index in [0.29, 0.717) is 0 Å². The molecule has 0 heterocycles. The van der Waals surface area contributed by atoms with Crippen LogP contribution in [0.15, 0.2) is 18.2 Å². The second kappa shape index (κ2) is 4.45. The fourth-order valence-corrected chi connectivity index (χ4v) is 0.883. The first-order valence-electron chi connectivity index (χ1n) is 3.81. The highest BCUT2D eigenvalue weighted by molar-refractivity contribution is 5.68. The van der Waals surface area contributed by atoms with Crippen molar-refractivity contribution in [3.8, 4) is 11.5 Å². The second-order valence-electron chi connectivity index (χ2n) is 2.51. The number of carbonyl (C=O) groups is 1. The van der Waals surface area contributed by atoms with Crippen molar-refractivity contribution in [3.63, 3.8) is 0 Å². The Balaban J connectivity index is 2.76. The van der Waals surface area contributed by atoms with Crippen molar-refractivity contribution in [1.29, 1.82) is 0 Å². The zero-order valence-corrected chi connectivity index (χ0v) is 7.49. The Bertz CT molecular complexity index is 338. The van der Waals surface area contributed by atoms with Crippen LogP contribution in [0.2, 0.25) is 0 Å². The Morgan fingerprint density at radius 3 is 2.64 bits per heavy atom. The van der Waals surface area contributed by atoms with Gasteiger partial charge in [0, 0.05) is 18.2 Å². The summed E-state index contributed by atoms with van der Waals surface area (Å²) < 4.78 is 22.4. The third-order valence-corrected chi connectivity index (χ3v) is 1.44. The van der Waals surface area contributed by atoms with E-state index in [1.807, 2.05) is 0 Å². The van der Waals surface area contributed by atoms with Crippen molar-refractivity contribution < 1.29 is 23.8 Å². The van der Waals surface area contributed by atoms with Crippen molar-refractivity contribution >= 4 is 5.97 Å². The van der Waals surface area contributed by atoms with Gasteiger partial charge in [-0.2, -0.15) is 0 Å². The smallest absolute Gasteiger partial charge is 0.341 e. The summed E-state index contributed by atoms with van der Waals surface area (Å²) in [4.78, 5) is 10.2. The van der Waals surface area contributed by atoms with E-state index < -0.39 is 18.4 Å². The van der Waals surface area contributed by atoms with Crippen molar-refractivity contribution in [2.45, 2.75) is 0 Å². The van der Waals surface area contributed by atoms with Crippen LogP contribution in [0.5, 0.6) is 11.5 Å². The summed E-state index contributed by atoms with van der Waals surface area (Å²) in [6.07, 6.45) is 0. The van der Waals surface area contributed by atoms with E-state index in [9.17, 15) is 9.18 Å². The Kier molecular flexibility index (Phi) is 3.28. The Hall–Kier alpha value is -1.78. The summed E-state index contributed by atoms with van der Waals surface area (Å²) in [5.74, 6) is -1.24. The largest absolute Gasteiger partial charge is 0.497 e. The van der Waals surface area contributed by atoms with Gasteiger partial charge in [-0.25, -0.2) is 9.18 Å². The molecule has 76 valence electrons. The highest BCUT2D eigenvalue weighted by Crippen LogP contribution is 2.21. The fourth-order valence-electron chi connectivity index (χ4n) is 0.883. The van der Waals surface area contributed by atoms with Crippen molar-refractivity contribution in [2.75, 3.05) is 13.7 Å². The van der Waals surface area contributed by atoms with Gasteiger partial charge in [0.05, 0.1) is 7.11 Å². The lowest BCUT2D eigenvalue weighted by atomic mass is 10.3. The molecule has 0 fully saturated rings. The van der Waals surface area contributed by atoms with Crippen LogP contribution in [-0.4, -0.2) is 24.8 Å². The molecule has 14 heavy (non-hydrogen) atoms. The van der Waals surface area contributed by atoms with Crippen molar-refractivity contribution in [3.05, 3.63) is 24.0 Å². The van der Waals surface area contributed by atoms with E-state index in [1.54, 1.807) is 0 Å². The number of carboxylic acids is 1.